The fourth-order valence-corrected chi connectivity index (χ4v) is 3.59. The first kappa shape index (κ1) is 19.6. The zero-order valence-corrected chi connectivity index (χ0v) is 16.9. The SMILES string of the molecule is CC(C)c1cc(C(=O)N2CCC(c3nccn3CCCN(C)C)CC2)on1. The molecule has 2 aromatic heterocycles. The molecule has 1 fully saturated rings. The summed E-state index contributed by atoms with van der Waals surface area (Å²) in [6.07, 6.45) is 6.94. The van der Waals surface area contributed by atoms with Gasteiger partial charge in [0.05, 0.1) is 5.69 Å². The van der Waals surface area contributed by atoms with E-state index in [1.165, 1.54) is 0 Å². The van der Waals surface area contributed by atoms with Crippen molar-refractivity contribution in [1.82, 2.24) is 24.5 Å². The first-order chi connectivity index (χ1) is 13.0. The van der Waals surface area contributed by atoms with Gasteiger partial charge in [0.15, 0.2) is 0 Å². The van der Waals surface area contributed by atoms with Gasteiger partial charge < -0.3 is 18.9 Å². The number of carbonyl (C=O) groups excluding carboxylic acids is 1. The number of likely N-dealkylation sites (tertiary alicyclic amines) is 1. The number of piperidine rings is 1. The van der Waals surface area contributed by atoms with Crippen molar-refractivity contribution in [2.24, 2.45) is 0 Å². The summed E-state index contributed by atoms with van der Waals surface area (Å²) < 4.78 is 7.54. The van der Waals surface area contributed by atoms with Gasteiger partial charge in [0.2, 0.25) is 5.76 Å². The number of aromatic nitrogens is 3. The molecule has 0 atom stereocenters. The van der Waals surface area contributed by atoms with E-state index in [-0.39, 0.29) is 11.8 Å². The van der Waals surface area contributed by atoms with Crippen LogP contribution in [0.4, 0.5) is 0 Å². The molecular formula is C20H31N5O2. The molecule has 148 valence electrons. The summed E-state index contributed by atoms with van der Waals surface area (Å²) in [6.45, 7) is 7.59. The number of nitrogens with zero attached hydrogens (tertiary/aromatic N) is 5. The first-order valence-corrected chi connectivity index (χ1v) is 9.87. The van der Waals surface area contributed by atoms with E-state index in [2.05, 4.69) is 39.9 Å². The van der Waals surface area contributed by atoms with Crippen LogP contribution in [0.2, 0.25) is 0 Å². The minimum Gasteiger partial charge on any atom is -0.351 e. The molecular weight excluding hydrogens is 342 g/mol. The highest BCUT2D eigenvalue weighted by Crippen LogP contribution is 2.28. The lowest BCUT2D eigenvalue weighted by molar-refractivity contribution is 0.0668. The zero-order valence-electron chi connectivity index (χ0n) is 16.9. The van der Waals surface area contributed by atoms with Gasteiger partial charge in [-0.1, -0.05) is 19.0 Å². The molecule has 7 heteroatoms. The fourth-order valence-electron chi connectivity index (χ4n) is 3.59. The predicted octanol–water partition coefficient (Wildman–Crippen LogP) is 2.97. The average molecular weight is 374 g/mol. The molecule has 3 heterocycles. The van der Waals surface area contributed by atoms with E-state index in [0.717, 1.165) is 57.0 Å². The summed E-state index contributed by atoms with van der Waals surface area (Å²) in [5, 5.41) is 4.00. The van der Waals surface area contributed by atoms with Crippen molar-refractivity contribution in [2.45, 2.75) is 51.5 Å². The first-order valence-electron chi connectivity index (χ1n) is 9.87. The molecule has 0 unspecified atom stereocenters. The van der Waals surface area contributed by atoms with Crippen LogP contribution in [0.15, 0.2) is 23.0 Å². The smallest absolute Gasteiger partial charge is 0.292 e. The maximum Gasteiger partial charge on any atom is 0.292 e. The topological polar surface area (TPSA) is 67.4 Å². The zero-order chi connectivity index (χ0) is 19.4. The molecule has 2 aromatic rings. The third-order valence-corrected chi connectivity index (χ3v) is 5.23. The minimum absolute atomic E-state index is 0.0535. The number of amides is 1. The Morgan fingerprint density at radius 1 is 1.33 bits per heavy atom. The van der Waals surface area contributed by atoms with Crippen LogP contribution in [-0.4, -0.2) is 64.1 Å². The van der Waals surface area contributed by atoms with Crippen molar-refractivity contribution in [1.29, 1.82) is 0 Å². The molecule has 1 aliphatic heterocycles. The Morgan fingerprint density at radius 3 is 2.70 bits per heavy atom. The highest BCUT2D eigenvalue weighted by molar-refractivity contribution is 5.91. The van der Waals surface area contributed by atoms with Crippen molar-refractivity contribution in [3.05, 3.63) is 35.7 Å². The third kappa shape index (κ3) is 4.77. The van der Waals surface area contributed by atoms with Crippen molar-refractivity contribution >= 4 is 5.91 Å². The van der Waals surface area contributed by atoms with Crippen molar-refractivity contribution in [3.63, 3.8) is 0 Å². The Hall–Kier alpha value is -2.15. The number of imidazole rings is 1. The second kappa shape index (κ2) is 8.69. The number of aryl methyl sites for hydroxylation is 1. The predicted molar refractivity (Wildman–Crippen MR) is 104 cm³/mol. The number of hydrogen-bond acceptors (Lipinski definition) is 5. The molecule has 0 spiro atoms. The van der Waals surface area contributed by atoms with Gasteiger partial charge in [0, 0.05) is 44.0 Å². The lowest BCUT2D eigenvalue weighted by atomic mass is 9.95. The third-order valence-electron chi connectivity index (χ3n) is 5.23. The van der Waals surface area contributed by atoms with Gasteiger partial charge in [0.1, 0.15) is 5.82 Å². The summed E-state index contributed by atoms with van der Waals surface area (Å²) in [5.41, 5.74) is 0.827. The fraction of sp³-hybridized carbons (Fsp3) is 0.650. The number of carbonyl (C=O) groups is 1. The number of rotatable bonds is 7. The van der Waals surface area contributed by atoms with Crippen LogP contribution in [-0.2, 0) is 6.54 Å². The average Bonchev–Trinajstić information content (AvgIpc) is 3.31. The largest absolute Gasteiger partial charge is 0.351 e. The molecule has 3 rings (SSSR count). The Balaban J connectivity index is 1.56. The molecule has 0 radical (unpaired) electrons. The van der Waals surface area contributed by atoms with Crippen molar-refractivity contribution in [2.75, 3.05) is 33.7 Å². The van der Waals surface area contributed by atoms with E-state index in [0.29, 0.717) is 11.7 Å². The van der Waals surface area contributed by atoms with E-state index in [1.807, 2.05) is 24.9 Å². The van der Waals surface area contributed by atoms with Gasteiger partial charge in [-0.05, 0) is 45.8 Å². The second-order valence-electron chi connectivity index (χ2n) is 7.97. The lowest BCUT2D eigenvalue weighted by Crippen LogP contribution is -2.38. The molecule has 1 aliphatic rings. The van der Waals surface area contributed by atoms with Crippen molar-refractivity contribution < 1.29 is 9.32 Å². The van der Waals surface area contributed by atoms with E-state index in [4.69, 9.17) is 4.52 Å². The van der Waals surface area contributed by atoms with Gasteiger partial charge >= 0.3 is 0 Å². The normalized spacial score (nSPS) is 15.9. The van der Waals surface area contributed by atoms with E-state index < -0.39 is 0 Å². The summed E-state index contributed by atoms with van der Waals surface area (Å²) in [5.74, 6) is 2.11. The van der Waals surface area contributed by atoms with Gasteiger partial charge in [-0.3, -0.25) is 4.79 Å². The Morgan fingerprint density at radius 2 is 2.07 bits per heavy atom. The van der Waals surface area contributed by atoms with Gasteiger partial charge in [0.25, 0.3) is 5.91 Å². The molecule has 1 amide bonds. The summed E-state index contributed by atoms with van der Waals surface area (Å²) in [7, 11) is 4.19. The van der Waals surface area contributed by atoms with Gasteiger partial charge in [-0.25, -0.2) is 4.98 Å². The Kier molecular flexibility index (Phi) is 6.31. The van der Waals surface area contributed by atoms with Gasteiger partial charge in [-0.2, -0.15) is 0 Å². The van der Waals surface area contributed by atoms with E-state index in [1.54, 1.807) is 6.07 Å². The highest BCUT2D eigenvalue weighted by atomic mass is 16.5. The van der Waals surface area contributed by atoms with Crippen LogP contribution in [0, 0.1) is 0 Å². The molecule has 0 bridgehead atoms. The molecule has 0 aliphatic carbocycles. The van der Waals surface area contributed by atoms with Crippen molar-refractivity contribution in [3.8, 4) is 0 Å². The Labute approximate surface area is 161 Å². The molecule has 1 saturated heterocycles. The standard InChI is InChI=1S/C20H31N5O2/c1-15(2)17-14-18(27-22-17)20(26)25-11-6-16(7-12-25)19-21-8-13-24(19)10-5-9-23(3)4/h8,13-16H,5-7,9-12H2,1-4H3. The lowest BCUT2D eigenvalue weighted by Gasteiger charge is -2.31. The highest BCUT2D eigenvalue weighted by Gasteiger charge is 2.28. The van der Waals surface area contributed by atoms with Crippen LogP contribution in [0.1, 0.15) is 67.0 Å². The van der Waals surface area contributed by atoms with Crippen LogP contribution >= 0.6 is 0 Å². The van der Waals surface area contributed by atoms with Crippen LogP contribution in [0.3, 0.4) is 0 Å². The van der Waals surface area contributed by atoms with Crippen LogP contribution in [0.25, 0.3) is 0 Å². The molecule has 27 heavy (non-hydrogen) atoms. The quantitative estimate of drug-likeness (QED) is 0.746. The molecule has 0 aromatic carbocycles. The maximum atomic E-state index is 12.7. The maximum absolute atomic E-state index is 12.7. The van der Waals surface area contributed by atoms with Crippen LogP contribution < -0.4 is 0 Å². The number of hydrogen-bond donors (Lipinski definition) is 0. The van der Waals surface area contributed by atoms with E-state index >= 15 is 0 Å². The Bertz CT molecular complexity index is 741. The van der Waals surface area contributed by atoms with Crippen LogP contribution in [0.5, 0.6) is 0 Å². The second-order valence-corrected chi connectivity index (χ2v) is 7.97. The molecule has 0 saturated carbocycles. The summed E-state index contributed by atoms with van der Waals surface area (Å²) in [6, 6.07) is 1.77. The summed E-state index contributed by atoms with van der Waals surface area (Å²) in [4.78, 5) is 21.4. The molecule has 0 N–H and O–H groups in total. The summed E-state index contributed by atoms with van der Waals surface area (Å²) >= 11 is 0. The molecule has 7 nitrogen and oxygen atoms in total. The van der Waals surface area contributed by atoms with E-state index in [9.17, 15) is 4.79 Å². The monoisotopic (exact) mass is 373 g/mol. The van der Waals surface area contributed by atoms with Gasteiger partial charge in [-0.15, -0.1) is 0 Å². The minimum atomic E-state index is -0.0535.